The number of nitrogens with zero attached hydrogens (tertiary/aromatic N) is 2. The largest absolute Gasteiger partial charge is 0.418 e. The summed E-state index contributed by atoms with van der Waals surface area (Å²) in [7, 11) is 1.73. The number of aromatic nitrogens is 2. The zero-order chi connectivity index (χ0) is 21.3. The number of halogens is 5. The summed E-state index contributed by atoms with van der Waals surface area (Å²) in [5.74, 6) is 0. The molecule has 0 saturated heterocycles. The van der Waals surface area contributed by atoms with E-state index in [0.29, 0.717) is 16.4 Å². The summed E-state index contributed by atoms with van der Waals surface area (Å²) in [6.45, 7) is 1.87. The molecule has 3 rings (SSSR count). The SMILES string of the molecule is Cc1ccc(NC(=O)Nc2ccc(Cl)cc2C(F)(F)F)cc1-c1c(Cl)cnn1C. The van der Waals surface area contributed by atoms with E-state index >= 15 is 0 Å². The van der Waals surface area contributed by atoms with E-state index in [4.69, 9.17) is 23.2 Å². The molecule has 2 N–H and O–H groups in total. The summed E-state index contributed by atoms with van der Waals surface area (Å²) in [4.78, 5) is 12.3. The zero-order valence-electron chi connectivity index (χ0n) is 15.2. The first-order chi connectivity index (χ1) is 13.6. The second-order valence-corrected chi connectivity index (χ2v) is 7.10. The summed E-state index contributed by atoms with van der Waals surface area (Å²) in [6.07, 6.45) is -3.16. The topological polar surface area (TPSA) is 59.0 Å². The lowest BCUT2D eigenvalue weighted by molar-refractivity contribution is -0.136. The molecule has 0 atom stereocenters. The number of carbonyl (C=O) groups is 1. The van der Waals surface area contributed by atoms with Gasteiger partial charge in [-0.25, -0.2) is 4.79 Å². The quantitative estimate of drug-likeness (QED) is 0.495. The number of hydrogen-bond donors (Lipinski definition) is 2. The van der Waals surface area contributed by atoms with Crippen molar-refractivity contribution in [3.8, 4) is 11.3 Å². The summed E-state index contributed by atoms with van der Waals surface area (Å²) >= 11 is 11.8. The van der Waals surface area contributed by atoms with E-state index in [1.165, 1.54) is 12.3 Å². The molecule has 2 aromatic carbocycles. The summed E-state index contributed by atoms with van der Waals surface area (Å²) in [5.41, 5.74) is 1.22. The predicted octanol–water partition coefficient (Wildman–Crippen LogP) is 6.37. The first-order valence-corrected chi connectivity index (χ1v) is 9.05. The second-order valence-electron chi connectivity index (χ2n) is 6.26. The van der Waals surface area contributed by atoms with Crippen LogP contribution in [0.15, 0.2) is 42.6 Å². The third kappa shape index (κ3) is 4.65. The van der Waals surface area contributed by atoms with Crippen molar-refractivity contribution in [2.75, 3.05) is 10.6 Å². The molecule has 10 heteroatoms. The van der Waals surface area contributed by atoms with Crippen LogP contribution in [0.3, 0.4) is 0 Å². The van der Waals surface area contributed by atoms with E-state index in [0.717, 1.165) is 23.3 Å². The molecule has 1 aromatic heterocycles. The van der Waals surface area contributed by atoms with Crippen LogP contribution in [0.2, 0.25) is 10.0 Å². The van der Waals surface area contributed by atoms with Crippen LogP contribution in [0.5, 0.6) is 0 Å². The van der Waals surface area contributed by atoms with Gasteiger partial charge in [0.2, 0.25) is 0 Å². The molecule has 2 amide bonds. The number of urea groups is 1. The number of benzene rings is 2. The lowest BCUT2D eigenvalue weighted by atomic mass is 10.0. The molecule has 5 nitrogen and oxygen atoms in total. The lowest BCUT2D eigenvalue weighted by Crippen LogP contribution is -2.22. The molecular formula is C19H15Cl2F3N4O. The van der Waals surface area contributed by atoms with Gasteiger partial charge in [0, 0.05) is 23.3 Å². The summed E-state index contributed by atoms with van der Waals surface area (Å²) < 4.78 is 41.1. The van der Waals surface area contributed by atoms with Crippen LogP contribution in [-0.2, 0) is 13.2 Å². The Bertz CT molecular complexity index is 1060. The van der Waals surface area contributed by atoms with Crippen molar-refractivity contribution >= 4 is 40.6 Å². The number of alkyl halides is 3. The van der Waals surface area contributed by atoms with Gasteiger partial charge in [-0.15, -0.1) is 0 Å². The number of anilines is 2. The molecule has 0 saturated carbocycles. The highest BCUT2D eigenvalue weighted by Gasteiger charge is 2.34. The van der Waals surface area contributed by atoms with Crippen molar-refractivity contribution in [2.45, 2.75) is 13.1 Å². The molecule has 0 radical (unpaired) electrons. The predicted molar refractivity (Wildman–Crippen MR) is 107 cm³/mol. The zero-order valence-corrected chi connectivity index (χ0v) is 16.7. The minimum Gasteiger partial charge on any atom is -0.308 e. The molecule has 0 unspecified atom stereocenters. The average Bonchev–Trinajstić information content (AvgIpc) is 2.96. The van der Waals surface area contributed by atoms with E-state index in [1.54, 1.807) is 29.9 Å². The van der Waals surface area contributed by atoms with E-state index in [-0.39, 0.29) is 5.02 Å². The maximum absolute atomic E-state index is 13.2. The number of hydrogen-bond acceptors (Lipinski definition) is 2. The summed E-state index contributed by atoms with van der Waals surface area (Å²) in [6, 6.07) is 7.35. The molecule has 3 aromatic rings. The van der Waals surface area contributed by atoms with Crippen molar-refractivity contribution in [3.05, 3.63) is 63.8 Å². The maximum Gasteiger partial charge on any atom is 0.418 e. The smallest absolute Gasteiger partial charge is 0.308 e. The summed E-state index contributed by atoms with van der Waals surface area (Å²) in [5, 5.41) is 9.18. The minimum absolute atomic E-state index is 0.0838. The molecule has 0 spiro atoms. The standard InChI is InChI=1S/C19H15Cl2F3N4O/c1-10-3-5-12(8-13(10)17-15(21)9-25-28(17)2)26-18(29)27-16-6-4-11(20)7-14(16)19(22,23)24/h3-9H,1-2H3,(H2,26,27,29). The van der Waals surface area contributed by atoms with E-state index in [9.17, 15) is 18.0 Å². The van der Waals surface area contributed by atoms with Crippen molar-refractivity contribution in [2.24, 2.45) is 7.05 Å². The van der Waals surface area contributed by atoms with E-state index in [2.05, 4.69) is 15.7 Å². The monoisotopic (exact) mass is 442 g/mol. The molecule has 0 aliphatic rings. The van der Waals surface area contributed by atoms with Gasteiger partial charge in [-0.2, -0.15) is 18.3 Å². The van der Waals surface area contributed by atoms with Crippen LogP contribution in [-0.4, -0.2) is 15.8 Å². The Morgan fingerprint density at radius 3 is 2.45 bits per heavy atom. The van der Waals surface area contributed by atoms with Gasteiger partial charge in [0.1, 0.15) is 0 Å². The number of nitrogens with one attached hydrogen (secondary N) is 2. The van der Waals surface area contributed by atoms with Crippen LogP contribution in [0.25, 0.3) is 11.3 Å². The highest BCUT2D eigenvalue weighted by molar-refractivity contribution is 6.33. The van der Waals surface area contributed by atoms with Gasteiger partial charge in [0.15, 0.2) is 0 Å². The van der Waals surface area contributed by atoms with Crippen LogP contribution >= 0.6 is 23.2 Å². The molecule has 0 bridgehead atoms. The average molecular weight is 443 g/mol. The Balaban J connectivity index is 1.85. The van der Waals surface area contributed by atoms with Gasteiger partial charge in [0.25, 0.3) is 0 Å². The number of aryl methyl sites for hydroxylation is 2. The highest BCUT2D eigenvalue weighted by atomic mass is 35.5. The van der Waals surface area contributed by atoms with Gasteiger partial charge in [-0.3, -0.25) is 4.68 Å². The molecule has 0 aliphatic heterocycles. The fourth-order valence-corrected chi connectivity index (χ4v) is 3.25. The van der Waals surface area contributed by atoms with Gasteiger partial charge in [-0.05, 0) is 42.8 Å². The number of amides is 2. The highest BCUT2D eigenvalue weighted by Crippen LogP contribution is 2.37. The van der Waals surface area contributed by atoms with Crippen LogP contribution < -0.4 is 10.6 Å². The molecule has 0 aliphatic carbocycles. The van der Waals surface area contributed by atoms with Gasteiger partial charge >= 0.3 is 12.2 Å². The Hall–Kier alpha value is -2.71. The Morgan fingerprint density at radius 1 is 1.10 bits per heavy atom. The van der Waals surface area contributed by atoms with Gasteiger partial charge in [0.05, 0.1) is 28.2 Å². The number of carbonyl (C=O) groups excluding carboxylic acids is 1. The van der Waals surface area contributed by atoms with Crippen LogP contribution in [0.1, 0.15) is 11.1 Å². The molecule has 1 heterocycles. The third-order valence-electron chi connectivity index (χ3n) is 4.18. The fourth-order valence-electron chi connectivity index (χ4n) is 2.81. The van der Waals surface area contributed by atoms with Crippen molar-refractivity contribution in [3.63, 3.8) is 0 Å². The van der Waals surface area contributed by atoms with E-state index < -0.39 is 23.5 Å². The normalized spacial score (nSPS) is 11.4. The Kier molecular flexibility index (Phi) is 5.77. The molecular weight excluding hydrogens is 428 g/mol. The molecule has 29 heavy (non-hydrogen) atoms. The van der Waals surface area contributed by atoms with Crippen molar-refractivity contribution < 1.29 is 18.0 Å². The first kappa shape index (κ1) is 21.0. The van der Waals surface area contributed by atoms with Gasteiger partial charge in [-0.1, -0.05) is 29.3 Å². The minimum atomic E-state index is -4.67. The Labute approximate surface area is 174 Å². The lowest BCUT2D eigenvalue weighted by Gasteiger charge is -2.15. The van der Waals surface area contributed by atoms with Crippen LogP contribution in [0, 0.1) is 6.92 Å². The Morgan fingerprint density at radius 2 is 1.83 bits per heavy atom. The molecule has 0 fully saturated rings. The molecule has 152 valence electrons. The maximum atomic E-state index is 13.2. The van der Waals surface area contributed by atoms with Gasteiger partial charge < -0.3 is 10.6 Å². The third-order valence-corrected chi connectivity index (χ3v) is 4.69. The fraction of sp³-hybridized carbons (Fsp3) is 0.158. The first-order valence-electron chi connectivity index (χ1n) is 8.29. The second kappa shape index (κ2) is 7.96. The van der Waals surface area contributed by atoms with Crippen molar-refractivity contribution in [1.29, 1.82) is 0 Å². The van der Waals surface area contributed by atoms with Crippen LogP contribution in [0.4, 0.5) is 29.3 Å². The van der Waals surface area contributed by atoms with Crippen molar-refractivity contribution in [1.82, 2.24) is 9.78 Å². The number of rotatable bonds is 3. The van der Waals surface area contributed by atoms with E-state index in [1.807, 2.05) is 6.92 Å².